The third kappa shape index (κ3) is 2.50. The zero-order valence-corrected chi connectivity index (χ0v) is 9.60. The van der Waals surface area contributed by atoms with E-state index in [1.54, 1.807) is 11.3 Å². The Hall–Kier alpha value is -1.48. The number of ether oxygens (including phenoxy) is 1. The average molecular weight is 219 g/mol. The zero-order valence-electron chi connectivity index (χ0n) is 8.78. The topological polar surface area (TPSA) is 21.3 Å². The lowest BCUT2D eigenvalue weighted by molar-refractivity contribution is 0.496. The number of anilines is 1. The maximum Gasteiger partial charge on any atom is 0.182 e. The molecule has 0 bridgehead atoms. The molecular formula is C12H13NOS. The lowest BCUT2D eigenvalue weighted by Crippen LogP contribution is -1.81. The van der Waals surface area contributed by atoms with E-state index in [2.05, 4.69) is 12.2 Å². The monoisotopic (exact) mass is 219 g/mol. The van der Waals surface area contributed by atoms with Gasteiger partial charge in [0.05, 0.1) is 5.00 Å². The molecule has 1 aromatic carbocycles. The van der Waals surface area contributed by atoms with Crippen LogP contribution < -0.4 is 10.1 Å². The molecule has 0 amide bonds. The number of hydrogen-bond donors (Lipinski definition) is 1. The van der Waals surface area contributed by atoms with Crippen LogP contribution in [-0.2, 0) is 0 Å². The Balaban J connectivity index is 2.11. The van der Waals surface area contributed by atoms with Crippen molar-refractivity contribution in [2.24, 2.45) is 0 Å². The third-order valence-electron chi connectivity index (χ3n) is 2.07. The predicted molar refractivity (Wildman–Crippen MR) is 65.1 cm³/mol. The van der Waals surface area contributed by atoms with E-state index in [0.29, 0.717) is 0 Å². The molecule has 2 aromatic rings. The first-order valence-corrected chi connectivity index (χ1v) is 5.62. The summed E-state index contributed by atoms with van der Waals surface area (Å²) in [6.07, 6.45) is 0. The van der Waals surface area contributed by atoms with Crippen LogP contribution in [0.25, 0.3) is 0 Å². The minimum atomic E-state index is 0.880. The minimum absolute atomic E-state index is 0.880. The van der Waals surface area contributed by atoms with Gasteiger partial charge in [0, 0.05) is 7.05 Å². The second kappa shape index (κ2) is 4.36. The van der Waals surface area contributed by atoms with Crippen LogP contribution in [0.3, 0.4) is 0 Å². The summed E-state index contributed by atoms with van der Waals surface area (Å²) in [4.78, 5) is 0. The molecule has 78 valence electrons. The van der Waals surface area contributed by atoms with Gasteiger partial charge in [-0.05, 0) is 31.2 Å². The fourth-order valence-electron chi connectivity index (χ4n) is 1.23. The molecule has 2 nitrogen and oxygen atoms in total. The molecule has 1 heterocycles. The van der Waals surface area contributed by atoms with Crippen molar-refractivity contribution in [2.45, 2.75) is 6.92 Å². The van der Waals surface area contributed by atoms with Crippen molar-refractivity contribution in [3.63, 3.8) is 0 Å². The molecule has 15 heavy (non-hydrogen) atoms. The fourth-order valence-corrected chi connectivity index (χ4v) is 1.96. The number of thiophene rings is 1. The minimum Gasteiger partial charge on any atom is -0.447 e. The maximum absolute atomic E-state index is 5.69. The Morgan fingerprint density at radius 2 is 1.80 bits per heavy atom. The van der Waals surface area contributed by atoms with Crippen LogP contribution in [0.15, 0.2) is 36.4 Å². The van der Waals surface area contributed by atoms with E-state index in [4.69, 9.17) is 4.74 Å². The molecule has 0 saturated carbocycles. The van der Waals surface area contributed by atoms with Gasteiger partial charge in [0.1, 0.15) is 5.75 Å². The molecule has 2 rings (SSSR count). The average Bonchev–Trinajstić information content (AvgIpc) is 2.69. The molecule has 0 unspecified atom stereocenters. The number of nitrogens with one attached hydrogen (secondary N) is 1. The fraction of sp³-hybridized carbons (Fsp3) is 0.167. The molecular weight excluding hydrogens is 206 g/mol. The Bertz CT molecular complexity index is 433. The van der Waals surface area contributed by atoms with E-state index < -0.39 is 0 Å². The Labute approximate surface area is 93.5 Å². The molecule has 0 aliphatic rings. The predicted octanol–water partition coefficient (Wildman–Crippen LogP) is 3.89. The van der Waals surface area contributed by atoms with Gasteiger partial charge in [0.2, 0.25) is 0 Å². The van der Waals surface area contributed by atoms with Gasteiger partial charge in [-0.25, -0.2) is 0 Å². The summed E-state index contributed by atoms with van der Waals surface area (Å²) in [6.45, 7) is 2.06. The van der Waals surface area contributed by atoms with Gasteiger partial charge < -0.3 is 10.1 Å². The SMILES string of the molecule is CNc1ccc(Oc2ccc(C)cc2)s1. The van der Waals surface area contributed by atoms with Gasteiger partial charge in [-0.1, -0.05) is 29.0 Å². The normalized spacial score (nSPS) is 10.0. The standard InChI is InChI=1S/C12H13NOS/c1-9-3-5-10(6-4-9)14-12-8-7-11(13-2)15-12/h3-8,13H,1-2H3. The van der Waals surface area contributed by atoms with E-state index in [-0.39, 0.29) is 0 Å². The zero-order chi connectivity index (χ0) is 10.7. The first-order chi connectivity index (χ1) is 7.28. The van der Waals surface area contributed by atoms with Crippen molar-refractivity contribution in [2.75, 3.05) is 12.4 Å². The molecule has 0 aliphatic heterocycles. The molecule has 1 aromatic heterocycles. The highest BCUT2D eigenvalue weighted by atomic mass is 32.1. The van der Waals surface area contributed by atoms with Crippen LogP contribution in [0, 0.1) is 6.92 Å². The van der Waals surface area contributed by atoms with E-state index >= 15 is 0 Å². The largest absolute Gasteiger partial charge is 0.447 e. The van der Waals surface area contributed by atoms with Crippen LogP contribution in [0.1, 0.15) is 5.56 Å². The molecule has 0 atom stereocenters. The summed E-state index contributed by atoms with van der Waals surface area (Å²) in [5.74, 6) is 0.880. The van der Waals surface area contributed by atoms with Crippen molar-refractivity contribution >= 4 is 16.3 Å². The maximum atomic E-state index is 5.69. The highest BCUT2D eigenvalue weighted by molar-refractivity contribution is 7.17. The Kier molecular flexibility index (Phi) is 2.92. The highest BCUT2D eigenvalue weighted by Gasteiger charge is 2.00. The smallest absolute Gasteiger partial charge is 0.182 e. The summed E-state index contributed by atoms with van der Waals surface area (Å²) >= 11 is 1.60. The third-order valence-corrected chi connectivity index (χ3v) is 3.05. The van der Waals surface area contributed by atoms with Crippen LogP contribution in [0.5, 0.6) is 10.8 Å². The molecule has 0 radical (unpaired) electrons. The summed E-state index contributed by atoms with van der Waals surface area (Å²) in [6, 6.07) is 12.0. The van der Waals surface area contributed by atoms with Gasteiger partial charge >= 0.3 is 0 Å². The van der Waals surface area contributed by atoms with E-state index in [1.807, 2.05) is 43.4 Å². The van der Waals surface area contributed by atoms with E-state index in [0.717, 1.165) is 15.8 Å². The van der Waals surface area contributed by atoms with E-state index in [1.165, 1.54) is 5.56 Å². The van der Waals surface area contributed by atoms with Crippen molar-refractivity contribution in [3.05, 3.63) is 42.0 Å². The van der Waals surface area contributed by atoms with Crippen LogP contribution in [0.2, 0.25) is 0 Å². The Morgan fingerprint density at radius 1 is 1.07 bits per heavy atom. The molecule has 1 N–H and O–H groups in total. The number of hydrogen-bond acceptors (Lipinski definition) is 3. The second-order valence-corrected chi connectivity index (χ2v) is 4.33. The first-order valence-electron chi connectivity index (χ1n) is 4.80. The molecule has 3 heteroatoms. The van der Waals surface area contributed by atoms with Crippen molar-refractivity contribution in [1.29, 1.82) is 0 Å². The number of rotatable bonds is 3. The van der Waals surface area contributed by atoms with Crippen LogP contribution in [0.4, 0.5) is 5.00 Å². The van der Waals surface area contributed by atoms with E-state index in [9.17, 15) is 0 Å². The number of benzene rings is 1. The second-order valence-electron chi connectivity index (χ2n) is 3.28. The quantitative estimate of drug-likeness (QED) is 0.845. The lowest BCUT2D eigenvalue weighted by atomic mass is 10.2. The lowest BCUT2D eigenvalue weighted by Gasteiger charge is -2.02. The van der Waals surface area contributed by atoms with Crippen LogP contribution in [-0.4, -0.2) is 7.05 Å². The van der Waals surface area contributed by atoms with Gasteiger partial charge in [0.25, 0.3) is 0 Å². The Morgan fingerprint density at radius 3 is 2.40 bits per heavy atom. The van der Waals surface area contributed by atoms with Gasteiger partial charge in [-0.15, -0.1) is 0 Å². The van der Waals surface area contributed by atoms with Gasteiger partial charge in [0.15, 0.2) is 5.06 Å². The van der Waals surface area contributed by atoms with Gasteiger partial charge in [-0.2, -0.15) is 0 Å². The highest BCUT2D eigenvalue weighted by Crippen LogP contribution is 2.32. The summed E-state index contributed by atoms with van der Waals surface area (Å²) in [5, 5.41) is 5.09. The first kappa shape index (κ1) is 10.1. The van der Waals surface area contributed by atoms with Crippen molar-refractivity contribution in [3.8, 4) is 10.8 Å². The molecule has 0 spiro atoms. The van der Waals surface area contributed by atoms with Crippen molar-refractivity contribution in [1.82, 2.24) is 0 Å². The summed E-state index contributed by atoms with van der Waals surface area (Å²) < 4.78 is 5.69. The molecule has 0 aliphatic carbocycles. The van der Waals surface area contributed by atoms with Crippen LogP contribution >= 0.6 is 11.3 Å². The molecule has 0 fully saturated rings. The summed E-state index contributed by atoms with van der Waals surface area (Å²) in [7, 11) is 1.90. The summed E-state index contributed by atoms with van der Waals surface area (Å²) in [5.41, 5.74) is 1.24. The van der Waals surface area contributed by atoms with Crippen molar-refractivity contribution < 1.29 is 4.74 Å². The van der Waals surface area contributed by atoms with Gasteiger partial charge in [-0.3, -0.25) is 0 Å². The molecule has 0 saturated heterocycles. The number of aryl methyl sites for hydroxylation is 1.